The second-order valence-corrected chi connectivity index (χ2v) is 5.59. The monoisotopic (exact) mass is 254 g/mol. The van der Waals surface area contributed by atoms with Crippen LogP contribution in [0, 0.1) is 5.92 Å². The van der Waals surface area contributed by atoms with Gasteiger partial charge in [0.1, 0.15) is 5.75 Å². The van der Waals surface area contributed by atoms with E-state index in [9.17, 15) is 9.90 Å². The number of nitrogens with one attached hydrogen (secondary N) is 2. The smallest absolute Gasteiger partial charge is 0.261 e. The van der Waals surface area contributed by atoms with Gasteiger partial charge >= 0.3 is 0 Å². The first kappa shape index (κ1) is 12.4. The summed E-state index contributed by atoms with van der Waals surface area (Å²) in [6.45, 7) is 5.26. The SMILES string of the molecule is C[C@@H]1CCN[C@H](C)[C@@H]1NC(=O)c1cc(O)cs1. The lowest BCUT2D eigenvalue weighted by molar-refractivity contribution is 0.0901. The van der Waals surface area contributed by atoms with E-state index in [0.29, 0.717) is 10.8 Å². The molecule has 94 valence electrons. The van der Waals surface area contributed by atoms with Crippen LogP contribution in [0.1, 0.15) is 29.9 Å². The van der Waals surface area contributed by atoms with Crippen LogP contribution in [-0.4, -0.2) is 29.6 Å². The third kappa shape index (κ3) is 2.79. The Kier molecular flexibility index (Phi) is 3.69. The van der Waals surface area contributed by atoms with E-state index in [1.54, 1.807) is 5.38 Å². The first-order valence-electron chi connectivity index (χ1n) is 5.89. The fraction of sp³-hybridized carbons (Fsp3) is 0.583. The number of aromatic hydroxyl groups is 1. The van der Waals surface area contributed by atoms with Gasteiger partial charge in [0, 0.05) is 23.5 Å². The van der Waals surface area contributed by atoms with E-state index in [-0.39, 0.29) is 23.7 Å². The molecule has 0 radical (unpaired) electrons. The Bertz CT molecular complexity index is 395. The van der Waals surface area contributed by atoms with Gasteiger partial charge in [0.25, 0.3) is 5.91 Å². The van der Waals surface area contributed by atoms with Crippen LogP contribution < -0.4 is 10.6 Å². The van der Waals surface area contributed by atoms with Gasteiger partial charge in [0.05, 0.1) is 4.88 Å². The third-order valence-corrected chi connectivity index (χ3v) is 4.24. The molecule has 1 amide bonds. The average Bonchev–Trinajstić information content (AvgIpc) is 2.70. The van der Waals surface area contributed by atoms with Gasteiger partial charge in [-0.1, -0.05) is 6.92 Å². The maximum absolute atomic E-state index is 12.0. The van der Waals surface area contributed by atoms with Crippen LogP contribution in [0.4, 0.5) is 0 Å². The summed E-state index contributed by atoms with van der Waals surface area (Å²) in [4.78, 5) is 12.5. The van der Waals surface area contributed by atoms with Gasteiger partial charge in [-0.3, -0.25) is 4.79 Å². The number of carbonyl (C=O) groups is 1. The van der Waals surface area contributed by atoms with Crippen molar-refractivity contribution in [2.24, 2.45) is 5.92 Å². The molecule has 2 heterocycles. The van der Waals surface area contributed by atoms with Crippen molar-refractivity contribution in [1.29, 1.82) is 0 Å². The first-order chi connectivity index (χ1) is 8.08. The van der Waals surface area contributed by atoms with E-state index in [1.165, 1.54) is 17.4 Å². The first-order valence-corrected chi connectivity index (χ1v) is 6.77. The van der Waals surface area contributed by atoms with Crippen molar-refractivity contribution in [3.8, 4) is 5.75 Å². The van der Waals surface area contributed by atoms with Crippen LogP contribution in [0.2, 0.25) is 0 Å². The highest BCUT2D eigenvalue weighted by atomic mass is 32.1. The van der Waals surface area contributed by atoms with Crippen molar-refractivity contribution < 1.29 is 9.90 Å². The van der Waals surface area contributed by atoms with Crippen molar-refractivity contribution in [2.45, 2.75) is 32.4 Å². The Morgan fingerprint density at radius 3 is 2.94 bits per heavy atom. The molecule has 1 aromatic heterocycles. The molecular weight excluding hydrogens is 236 g/mol. The Morgan fingerprint density at radius 1 is 1.59 bits per heavy atom. The summed E-state index contributed by atoms with van der Waals surface area (Å²) in [7, 11) is 0. The van der Waals surface area contributed by atoms with E-state index in [0.717, 1.165) is 13.0 Å². The third-order valence-electron chi connectivity index (χ3n) is 3.32. The summed E-state index contributed by atoms with van der Waals surface area (Å²) in [6.07, 6.45) is 1.07. The standard InChI is InChI=1S/C12H18N2O2S/c1-7-3-4-13-8(2)11(7)14-12(16)10-5-9(15)6-17-10/h5-8,11,13,15H,3-4H2,1-2H3,(H,14,16)/t7-,8-,11-/m1/s1. The lowest BCUT2D eigenvalue weighted by Gasteiger charge is -2.35. The highest BCUT2D eigenvalue weighted by Gasteiger charge is 2.29. The molecule has 1 aromatic rings. The zero-order valence-corrected chi connectivity index (χ0v) is 10.9. The number of piperidine rings is 1. The number of amides is 1. The van der Waals surface area contributed by atoms with Gasteiger partial charge in [-0.2, -0.15) is 0 Å². The summed E-state index contributed by atoms with van der Waals surface area (Å²) >= 11 is 1.27. The van der Waals surface area contributed by atoms with Gasteiger partial charge in [0.2, 0.25) is 0 Å². The molecule has 1 aliphatic heterocycles. The molecule has 0 aromatic carbocycles. The minimum Gasteiger partial charge on any atom is -0.507 e. The normalized spacial score (nSPS) is 28.9. The largest absolute Gasteiger partial charge is 0.507 e. The Hall–Kier alpha value is -1.07. The van der Waals surface area contributed by atoms with E-state index < -0.39 is 0 Å². The zero-order chi connectivity index (χ0) is 12.4. The molecule has 0 saturated carbocycles. The molecule has 3 atom stereocenters. The van der Waals surface area contributed by atoms with E-state index >= 15 is 0 Å². The predicted molar refractivity (Wildman–Crippen MR) is 68.5 cm³/mol. The molecule has 3 N–H and O–H groups in total. The second-order valence-electron chi connectivity index (χ2n) is 4.68. The minimum atomic E-state index is -0.0947. The van der Waals surface area contributed by atoms with Crippen LogP contribution in [0.15, 0.2) is 11.4 Å². The molecule has 0 unspecified atom stereocenters. The molecule has 1 aliphatic rings. The molecule has 17 heavy (non-hydrogen) atoms. The number of carbonyl (C=O) groups excluding carboxylic acids is 1. The van der Waals surface area contributed by atoms with E-state index in [1.807, 2.05) is 0 Å². The molecular formula is C12H18N2O2S. The molecule has 0 aliphatic carbocycles. The van der Waals surface area contributed by atoms with Crippen LogP contribution >= 0.6 is 11.3 Å². The summed E-state index contributed by atoms with van der Waals surface area (Å²) in [6, 6.07) is 1.95. The van der Waals surface area contributed by atoms with Crippen molar-refractivity contribution in [3.63, 3.8) is 0 Å². The fourth-order valence-corrected chi connectivity index (χ4v) is 2.94. The topological polar surface area (TPSA) is 61.4 Å². The molecule has 1 fully saturated rings. The van der Waals surface area contributed by atoms with Crippen molar-refractivity contribution in [3.05, 3.63) is 16.3 Å². The zero-order valence-electron chi connectivity index (χ0n) is 10.1. The van der Waals surface area contributed by atoms with Crippen molar-refractivity contribution in [2.75, 3.05) is 6.54 Å². The van der Waals surface area contributed by atoms with Gasteiger partial charge in [-0.15, -0.1) is 11.3 Å². The van der Waals surface area contributed by atoms with E-state index in [4.69, 9.17) is 0 Å². The predicted octanol–water partition coefficient (Wildman–Crippen LogP) is 1.57. The quantitative estimate of drug-likeness (QED) is 0.751. The number of rotatable bonds is 2. The Balaban J connectivity index is 2.02. The summed E-state index contributed by atoms with van der Waals surface area (Å²) in [5.41, 5.74) is 0. The number of hydrogen-bond acceptors (Lipinski definition) is 4. The molecule has 1 saturated heterocycles. The van der Waals surface area contributed by atoms with Crippen LogP contribution in [0.5, 0.6) is 5.75 Å². The summed E-state index contributed by atoms with van der Waals surface area (Å²) < 4.78 is 0. The van der Waals surface area contributed by atoms with Gasteiger partial charge in [0.15, 0.2) is 0 Å². The summed E-state index contributed by atoms with van der Waals surface area (Å²) in [5.74, 6) is 0.537. The Labute approximate surface area is 105 Å². The fourth-order valence-electron chi connectivity index (χ4n) is 2.27. The van der Waals surface area contributed by atoms with Crippen LogP contribution in [-0.2, 0) is 0 Å². The van der Waals surface area contributed by atoms with Gasteiger partial charge < -0.3 is 15.7 Å². The maximum atomic E-state index is 12.0. The Morgan fingerprint density at radius 2 is 2.35 bits per heavy atom. The molecule has 4 nitrogen and oxygen atoms in total. The highest BCUT2D eigenvalue weighted by molar-refractivity contribution is 7.12. The molecule has 5 heteroatoms. The van der Waals surface area contributed by atoms with E-state index in [2.05, 4.69) is 24.5 Å². The molecule has 2 rings (SSSR count). The molecule has 0 spiro atoms. The van der Waals surface area contributed by atoms with Crippen molar-refractivity contribution in [1.82, 2.24) is 10.6 Å². The van der Waals surface area contributed by atoms with Crippen LogP contribution in [0.25, 0.3) is 0 Å². The second kappa shape index (κ2) is 5.06. The molecule has 0 bridgehead atoms. The minimum absolute atomic E-state index is 0.0947. The van der Waals surface area contributed by atoms with Gasteiger partial charge in [-0.25, -0.2) is 0 Å². The van der Waals surface area contributed by atoms with Gasteiger partial charge in [-0.05, 0) is 25.8 Å². The lowest BCUT2D eigenvalue weighted by Crippen LogP contribution is -2.55. The highest BCUT2D eigenvalue weighted by Crippen LogP contribution is 2.21. The number of thiophene rings is 1. The summed E-state index contributed by atoms with van der Waals surface area (Å²) in [5, 5.41) is 17.2. The average molecular weight is 254 g/mol. The van der Waals surface area contributed by atoms with Crippen molar-refractivity contribution >= 4 is 17.2 Å². The maximum Gasteiger partial charge on any atom is 0.261 e. The number of hydrogen-bond donors (Lipinski definition) is 3. The lowest BCUT2D eigenvalue weighted by atomic mass is 9.89. The van der Waals surface area contributed by atoms with Crippen LogP contribution in [0.3, 0.4) is 0 Å².